The van der Waals surface area contributed by atoms with Gasteiger partial charge in [0.2, 0.25) is 0 Å². The monoisotopic (exact) mass is 366 g/mol. The minimum absolute atomic E-state index is 0.00614. The van der Waals surface area contributed by atoms with Crippen LogP contribution >= 0.6 is 0 Å². The number of amides is 1. The highest BCUT2D eigenvalue weighted by Gasteiger charge is 2.36. The standard InChI is InChI=1S/C20H22N4O3/c1-12-3-8-19(27-12)15-10-24(11-16(15)21)20(25)18-9-17(22-23-18)13-4-6-14(26-2)7-5-13/h3-9,15-16H,10-11,21H2,1-2H3,(H,22,23)/t15-,16-/m0/s1. The number of carbonyl (C=O) groups is 1. The molecule has 2 aromatic heterocycles. The van der Waals surface area contributed by atoms with E-state index in [0.717, 1.165) is 22.8 Å². The van der Waals surface area contributed by atoms with Gasteiger partial charge in [0.05, 0.1) is 18.7 Å². The lowest BCUT2D eigenvalue weighted by Crippen LogP contribution is -2.32. The minimum Gasteiger partial charge on any atom is -0.497 e. The molecule has 0 aliphatic carbocycles. The van der Waals surface area contributed by atoms with E-state index in [2.05, 4.69) is 10.2 Å². The van der Waals surface area contributed by atoms with Crippen molar-refractivity contribution < 1.29 is 13.9 Å². The third-order valence-corrected chi connectivity index (χ3v) is 4.97. The van der Waals surface area contributed by atoms with Crippen molar-refractivity contribution in [1.29, 1.82) is 0 Å². The summed E-state index contributed by atoms with van der Waals surface area (Å²) in [7, 11) is 1.62. The summed E-state index contributed by atoms with van der Waals surface area (Å²) in [6.45, 7) is 2.92. The average Bonchev–Trinajstić information content (AvgIpc) is 3.41. The van der Waals surface area contributed by atoms with Gasteiger partial charge >= 0.3 is 0 Å². The first-order chi connectivity index (χ1) is 13.0. The Bertz CT molecular complexity index is 944. The molecule has 0 radical (unpaired) electrons. The first-order valence-corrected chi connectivity index (χ1v) is 8.86. The number of ether oxygens (including phenoxy) is 1. The van der Waals surface area contributed by atoms with Crippen LogP contribution < -0.4 is 10.5 Å². The van der Waals surface area contributed by atoms with Gasteiger partial charge in [0.1, 0.15) is 23.0 Å². The van der Waals surface area contributed by atoms with Crippen molar-refractivity contribution in [2.45, 2.75) is 18.9 Å². The number of methoxy groups -OCH3 is 1. The van der Waals surface area contributed by atoms with Crippen LogP contribution in [0.3, 0.4) is 0 Å². The minimum atomic E-state index is -0.150. The van der Waals surface area contributed by atoms with E-state index >= 15 is 0 Å². The molecule has 3 N–H and O–H groups in total. The lowest BCUT2D eigenvalue weighted by molar-refractivity contribution is 0.0782. The number of furan rings is 1. The average molecular weight is 366 g/mol. The number of H-pyrrole nitrogens is 1. The topological polar surface area (TPSA) is 97.4 Å². The molecule has 1 amide bonds. The largest absolute Gasteiger partial charge is 0.497 e. The number of benzene rings is 1. The van der Waals surface area contributed by atoms with Crippen LogP contribution in [-0.4, -0.2) is 47.2 Å². The van der Waals surface area contributed by atoms with Crippen LogP contribution in [-0.2, 0) is 0 Å². The van der Waals surface area contributed by atoms with Crippen LogP contribution in [0, 0.1) is 6.92 Å². The van der Waals surface area contributed by atoms with E-state index in [1.165, 1.54) is 0 Å². The summed E-state index contributed by atoms with van der Waals surface area (Å²) in [5.74, 6) is 2.35. The number of nitrogens with one attached hydrogen (secondary N) is 1. The molecule has 1 aromatic carbocycles. The number of likely N-dealkylation sites (tertiary alicyclic amines) is 1. The predicted octanol–water partition coefficient (Wildman–Crippen LogP) is 2.55. The Morgan fingerprint density at radius 3 is 2.70 bits per heavy atom. The van der Waals surface area contributed by atoms with Crippen LogP contribution in [0.15, 0.2) is 46.9 Å². The van der Waals surface area contributed by atoms with Crippen molar-refractivity contribution in [3.05, 3.63) is 59.7 Å². The molecule has 1 saturated heterocycles. The van der Waals surface area contributed by atoms with Crippen LogP contribution in [0.4, 0.5) is 0 Å². The molecule has 7 nitrogen and oxygen atoms in total. The molecule has 4 rings (SSSR count). The molecule has 0 spiro atoms. The zero-order valence-corrected chi connectivity index (χ0v) is 15.3. The maximum absolute atomic E-state index is 12.9. The highest BCUT2D eigenvalue weighted by molar-refractivity contribution is 5.93. The van der Waals surface area contributed by atoms with Gasteiger partial charge in [-0.05, 0) is 49.4 Å². The van der Waals surface area contributed by atoms with E-state index < -0.39 is 0 Å². The molecule has 2 atom stereocenters. The molecule has 1 aliphatic rings. The number of hydrogen-bond acceptors (Lipinski definition) is 5. The fourth-order valence-electron chi connectivity index (χ4n) is 3.46. The molecule has 0 bridgehead atoms. The molecule has 27 heavy (non-hydrogen) atoms. The quantitative estimate of drug-likeness (QED) is 0.739. The predicted molar refractivity (Wildman–Crippen MR) is 101 cm³/mol. The Morgan fingerprint density at radius 2 is 2.04 bits per heavy atom. The maximum Gasteiger partial charge on any atom is 0.271 e. The Hall–Kier alpha value is -3.06. The van der Waals surface area contributed by atoms with Crippen molar-refractivity contribution in [1.82, 2.24) is 15.1 Å². The van der Waals surface area contributed by atoms with E-state index in [4.69, 9.17) is 14.9 Å². The number of carbonyl (C=O) groups excluding carboxylic acids is 1. The second-order valence-corrected chi connectivity index (χ2v) is 6.82. The lowest BCUT2D eigenvalue weighted by atomic mass is 10.0. The van der Waals surface area contributed by atoms with Gasteiger partial charge in [-0.25, -0.2) is 0 Å². The van der Waals surface area contributed by atoms with Gasteiger partial charge in [-0.15, -0.1) is 0 Å². The van der Waals surface area contributed by atoms with E-state index in [-0.39, 0.29) is 17.9 Å². The first kappa shape index (κ1) is 17.4. The molecule has 7 heteroatoms. The molecular formula is C20H22N4O3. The number of aromatic nitrogens is 2. The third kappa shape index (κ3) is 3.33. The summed E-state index contributed by atoms with van der Waals surface area (Å²) in [6.07, 6.45) is 0. The highest BCUT2D eigenvalue weighted by atomic mass is 16.5. The molecule has 140 valence electrons. The van der Waals surface area contributed by atoms with Crippen LogP contribution in [0.5, 0.6) is 5.75 Å². The smallest absolute Gasteiger partial charge is 0.271 e. The normalized spacial score (nSPS) is 19.4. The zero-order valence-electron chi connectivity index (χ0n) is 15.3. The summed E-state index contributed by atoms with van der Waals surface area (Å²) in [4.78, 5) is 14.6. The third-order valence-electron chi connectivity index (χ3n) is 4.97. The molecule has 3 aromatic rings. The van der Waals surface area contributed by atoms with Crippen molar-refractivity contribution in [2.24, 2.45) is 5.73 Å². The zero-order chi connectivity index (χ0) is 19.0. The number of nitrogens with two attached hydrogens (primary N) is 1. The van der Waals surface area contributed by atoms with Gasteiger partial charge in [0.25, 0.3) is 5.91 Å². The molecule has 3 heterocycles. The van der Waals surface area contributed by atoms with E-state index in [9.17, 15) is 4.79 Å². The van der Waals surface area contributed by atoms with Crippen molar-refractivity contribution in [3.63, 3.8) is 0 Å². The fraction of sp³-hybridized carbons (Fsp3) is 0.300. The van der Waals surface area contributed by atoms with Gasteiger partial charge in [0, 0.05) is 24.7 Å². The van der Waals surface area contributed by atoms with Crippen LogP contribution in [0.1, 0.15) is 27.9 Å². The number of aryl methyl sites for hydroxylation is 1. The van der Waals surface area contributed by atoms with Crippen molar-refractivity contribution in [2.75, 3.05) is 20.2 Å². The summed E-state index contributed by atoms with van der Waals surface area (Å²) >= 11 is 0. The van der Waals surface area contributed by atoms with Gasteiger partial charge in [-0.2, -0.15) is 5.10 Å². The second kappa shape index (κ2) is 6.92. The Morgan fingerprint density at radius 1 is 1.26 bits per heavy atom. The number of aromatic amines is 1. The van der Waals surface area contributed by atoms with Crippen molar-refractivity contribution >= 4 is 5.91 Å². The lowest BCUT2D eigenvalue weighted by Gasteiger charge is -2.14. The molecule has 1 aliphatic heterocycles. The highest BCUT2D eigenvalue weighted by Crippen LogP contribution is 2.29. The Balaban J connectivity index is 1.49. The number of rotatable bonds is 4. The summed E-state index contributed by atoms with van der Waals surface area (Å²) in [5, 5.41) is 7.12. The first-order valence-electron chi connectivity index (χ1n) is 8.86. The Kier molecular flexibility index (Phi) is 4.45. The molecular weight excluding hydrogens is 344 g/mol. The fourth-order valence-corrected chi connectivity index (χ4v) is 3.46. The van der Waals surface area contributed by atoms with E-state index in [1.54, 1.807) is 18.1 Å². The van der Waals surface area contributed by atoms with Gasteiger partial charge in [-0.1, -0.05) is 0 Å². The summed E-state index contributed by atoms with van der Waals surface area (Å²) < 4.78 is 10.9. The SMILES string of the molecule is COc1ccc(-c2cc(C(=O)N3C[C@H](c4ccc(C)o4)[C@@H](N)C3)[nH]n2)cc1. The molecule has 0 saturated carbocycles. The summed E-state index contributed by atoms with van der Waals surface area (Å²) in [5.41, 5.74) is 8.33. The second-order valence-electron chi connectivity index (χ2n) is 6.82. The summed E-state index contributed by atoms with van der Waals surface area (Å²) in [6, 6.07) is 13.0. The molecule has 0 unspecified atom stereocenters. The maximum atomic E-state index is 12.9. The van der Waals surface area contributed by atoms with Gasteiger partial charge in [-0.3, -0.25) is 9.89 Å². The van der Waals surface area contributed by atoms with Crippen LogP contribution in [0.2, 0.25) is 0 Å². The number of nitrogens with zero attached hydrogens (tertiary/aromatic N) is 2. The molecule has 1 fully saturated rings. The van der Waals surface area contributed by atoms with Crippen LogP contribution in [0.25, 0.3) is 11.3 Å². The van der Waals surface area contributed by atoms with Crippen molar-refractivity contribution in [3.8, 4) is 17.0 Å². The van der Waals surface area contributed by atoms with Gasteiger partial charge < -0.3 is 19.8 Å². The van der Waals surface area contributed by atoms with E-state index in [0.29, 0.717) is 24.5 Å². The Labute approximate surface area is 157 Å². The van der Waals surface area contributed by atoms with E-state index in [1.807, 2.05) is 43.3 Å². The number of hydrogen-bond donors (Lipinski definition) is 2. The van der Waals surface area contributed by atoms with Gasteiger partial charge in [0.15, 0.2) is 0 Å².